The first-order valence-electron chi connectivity index (χ1n) is 6.65. The molecule has 3 nitrogen and oxygen atoms in total. The highest BCUT2D eigenvalue weighted by Crippen LogP contribution is 2.27. The van der Waals surface area contributed by atoms with E-state index in [0.29, 0.717) is 30.1 Å². The topological polar surface area (TPSA) is 35.5 Å². The molecule has 21 heavy (non-hydrogen) atoms. The van der Waals surface area contributed by atoms with Crippen LogP contribution in [0.5, 0.6) is 5.75 Å². The average Bonchev–Trinajstić information content (AvgIpc) is 2.50. The van der Waals surface area contributed by atoms with Gasteiger partial charge in [-0.05, 0) is 46.6 Å². The van der Waals surface area contributed by atoms with Crippen LogP contribution in [0.15, 0.2) is 46.9 Å². The van der Waals surface area contributed by atoms with Crippen molar-refractivity contribution in [3.63, 3.8) is 0 Å². The van der Waals surface area contributed by atoms with Crippen molar-refractivity contribution in [2.75, 3.05) is 20.3 Å². The zero-order valence-corrected chi connectivity index (χ0v) is 13.6. The third-order valence-electron chi connectivity index (χ3n) is 3.11. The number of halogens is 1. The Morgan fingerprint density at radius 1 is 1.05 bits per heavy atom. The number of benzene rings is 2. The smallest absolute Gasteiger partial charge is 0.197 e. The molecule has 0 aliphatic heterocycles. The van der Waals surface area contributed by atoms with Gasteiger partial charge in [-0.15, -0.1) is 0 Å². The second kappa shape index (κ2) is 7.38. The number of hydrogen-bond acceptors (Lipinski definition) is 3. The minimum absolute atomic E-state index is 0.0569. The van der Waals surface area contributed by atoms with Gasteiger partial charge in [-0.2, -0.15) is 0 Å². The molecule has 0 fully saturated rings. The number of ketones is 1. The molecule has 0 aliphatic rings. The number of para-hydroxylation sites is 1. The predicted octanol–water partition coefficient (Wildman–Crippen LogP) is 4.01. The van der Waals surface area contributed by atoms with E-state index < -0.39 is 0 Å². The van der Waals surface area contributed by atoms with Crippen LogP contribution >= 0.6 is 15.9 Å². The molecule has 2 aromatic rings. The van der Waals surface area contributed by atoms with Crippen LogP contribution in [0.1, 0.15) is 21.5 Å². The van der Waals surface area contributed by atoms with Crippen LogP contribution in [0.25, 0.3) is 0 Å². The fourth-order valence-corrected chi connectivity index (χ4v) is 2.43. The van der Waals surface area contributed by atoms with E-state index in [1.54, 1.807) is 19.2 Å². The largest absolute Gasteiger partial charge is 0.490 e. The van der Waals surface area contributed by atoms with Crippen LogP contribution in [-0.2, 0) is 4.74 Å². The first kappa shape index (κ1) is 15.7. The van der Waals surface area contributed by atoms with Gasteiger partial charge in [0.15, 0.2) is 5.78 Å². The number of ether oxygens (including phenoxy) is 2. The van der Waals surface area contributed by atoms with Crippen molar-refractivity contribution >= 4 is 21.7 Å². The summed E-state index contributed by atoms with van der Waals surface area (Å²) in [5, 5.41) is 0. The van der Waals surface area contributed by atoms with Crippen LogP contribution in [-0.4, -0.2) is 26.1 Å². The monoisotopic (exact) mass is 348 g/mol. The summed E-state index contributed by atoms with van der Waals surface area (Å²) in [5.41, 5.74) is 2.22. The molecule has 0 radical (unpaired) electrons. The maximum absolute atomic E-state index is 12.7. The van der Waals surface area contributed by atoms with Crippen LogP contribution < -0.4 is 4.74 Å². The maximum atomic E-state index is 12.7. The standard InChI is InChI=1S/C17H17BrO3/c1-12-6-5-8-14(16(12)18)17(19)13-7-3-4-9-15(13)21-11-10-20-2/h3-9H,10-11H2,1-2H3. The fraction of sp³-hybridized carbons (Fsp3) is 0.235. The van der Waals surface area contributed by atoms with Crippen LogP contribution in [0.3, 0.4) is 0 Å². The molecule has 4 heteroatoms. The van der Waals surface area contributed by atoms with E-state index in [0.717, 1.165) is 10.0 Å². The summed E-state index contributed by atoms with van der Waals surface area (Å²) in [5.74, 6) is 0.520. The number of carbonyl (C=O) groups is 1. The molecule has 0 spiro atoms. The van der Waals surface area contributed by atoms with E-state index >= 15 is 0 Å². The molecule has 110 valence electrons. The van der Waals surface area contributed by atoms with Gasteiger partial charge in [-0.25, -0.2) is 0 Å². The van der Waals surface area contributed by atoms with Crippen molar-refractivity contribution in [3.05, 3.63) is 63.6 Å². The number of methoxy groups -OCH3 is 1. The summed E-state index contributed by atoms with van der Waals surface area (Å²) in [6.45, 7) is 2.86. The summed E-state index contributed by atoms with van der Waals surface area (Å²) in [4.78, 5) is 12.7. The lowest BCUT2D eigenvalue weighted by atomic mass is 10.0. The SMILES string of the molecule is COCCOc1ccccc1C(=O)c1cccc(C)c1Br. The van der Waals surface area contributed by atoms with Crippen molar-refractivity contribution in [2.45, 2.75) is 6.92 Å². The zero-order valence-electron chi connectivity index (χ0n) is 12.1. The second-order valence-electron chi connectivity index (χ2n) is 4.60. The van der Waals surface area contributed by atoms with Gasteiger partial charge < -0.3 is 9.47 Å². The van der Waals surface area contributed by atoms with Gasteiger partial charge in [0.25, 0.3) is 0 Å². The Morgan fingerprint density at radius 2 is 1.76 bits per heavy atom. The Morgan fingerprint density at radius 3 is 2.52 bits per heavy atom. The Kier molecular flexibility index (Phi) is 5.53. The molecule has 0 unspecified atom stereocenters. The Hall–Kier alpha value is -1.65. The van der Waals surface area contributed by atoms with E-state index in [1.807, 2.05) is 37.3 Å². The first-order valence-corrected chi connectivity index (χ1v) is 7.45. The summed E-state index contributed by atoms with van der Waals surface area (Å²) >= 11 is 3.48. The molecule has 2 rings (SSSR count). The molecule has 0 bridgehead atoms. The van der Waals surface area contributed by atoms with Gasteiger partial charge in [0, 0.05) is 17.1 Å². The normalized spacial score (nSPS) is 10.4. The van der Waals surface area contributed by atoms with E-state index in [1.165, 1.54) is 0 Å². The summed E-state index contributed by atoms with van der Waals surface area (Å²) in [6.07, 6.45) is 0. The van der Waals surface area contributed by atoms with Gasteiger partial charge in [0.05, 0.1) is 12.2 Å². The van der Waals surface area contributed by atoms with Gasteiger partial charge >= 0.3 is 0 Å². The number of aryl methyl sites for hydroxylation is 1. The fourth-order valence-electron chi connectivity index (χ4n) is 1.98. The van der Waals surface area contributed by atoms with Crippen molar-refractivity contribution in [1.29, 1.82) is 0 Å². The van der Waals surface area contributed by atoms with E-state index in [-0.39, 0.29) is 5.78 Å². The van der Waals surface area contributed by atoms with Crippen LogP contribution in [0.4, 0.5) is 0 Å². The summed E-state index contributed by atoms with van der Waals surface area (Å²) < 4.78 is 11.4. The predicted molar refractivity (Wildman–Crippen MR) is 86.1 cm³/mol. The molecule has 0 atom stereocenters. The highest BCUT2D eigenvalue weighted by molar-refractivity contribution is 9.10. The molecule has 2 aromatic carbocycles. The van der Waals surface area contributed by atoms with Crippen molar-refractivity contribution in [2.24, 2.45) is 0 Å². The Labute approximate surface area is 133 Å². The molecule has 0 aliphatic carbocycles. The van der Waals surface area contributed by atoms with E-state index in [2.05, 4.69) is 15.9 Å². The highest BCUT2D eigenvalue weighted by Gasteiger charge is 2.17. The summed E-state index contributed by atoms with van der Waals surface area (Å²) in [6, 6.07) is 12.9. The quantitative estimate of drug-likeness (QED) is 0.584. The molecular weight excluding hydrogens is 332 g/mol. The maximum Gasteiger partial charge on any atom is 0.197 e. The minimum Gasteiger partial charge on any atom is -0.490 e. The third-order valence-corrected chi connectivity index (χ3v) is 4.17. The first-order chi connectivity index (χ1) is 10.1. The second-order valence-corrected chi connectivity index (χ2v) is 5.40. The molecule has 0 aromatic heterocycles. The lowest BCUT2D eigenvalue weighted by molar-refractivity contribution is 0.103. The lowest BCUT2D eigenvalue weighted by Crippen LogP contribution is -2.09. The molecule has 0 N–H and O–H groups in total. The van der Waals surface area contributed by atoms with Gasteiger partial charge in [-0.1, -0.05) is 24.3 Å². The molecule has 0 saturated heterocycles. The van der Waals surface area contributed by atoms with Crippen molar-refractivity contribution in [3.8, 4) is 5.75 Å². The van der Waals surface area contributed by atoms with Crippen molar-refractivity contribution < 1.29 is 14.3 Å². The highest BCUT2D eigenvalue weighted by atomic mass is 79.9. The zero-order chi connectivity index (χ0) is 15.2. The van der Waals surface area contributed by atoms with Gasteiger partial charge in [0.1, 0.15) is 12.4 Å². The third kappa shape index (κ3) is 3.71. The molecule has 0 amide bonds. The molecular formula is C17H17BrO3. The average molecular weight is 349 g/mol. The number of carbonyl (C=O) groups excluding carboxylic acids is 1. The Bertz CT molecular complexity index is 638. The van der Waals surface area contributed by atoms with Gasteiger partial charge in [-0.3, -0.25) is 4.79 Å². The van der Waals surface area contributed by atoms with Crippen molar-refractivity contribution in [1.82, 2.24) is 0 Å². The van der Waals surface area contributed by atoms with Crippen LogP contribution in [0, 0.1) is 6.92 Å². The Balaban J connectivity index is 2.33. The van der Waals surface area contributed by atoms with E-state index in [9.17, 15) is 4.79 Å². The molecule has 0 saturated carbocycles. The van der Waals surface area contributed by atoms with Crippen LogP contribution in [0.2, 0.25) is 0 Å². The van der Waals surface area contributed by atoms with Gasteiger partial charge in [0.2, 0.25) is 0 Å². The molecule has 0 heterocycles. The number of rotatable bonds is 6. The minimum atomic E-state index is -0.0569. The van der Waals surface area contributed by atoms with E-state index in [4.69, 9.17) is 9.47 Å². The lowest BCUT2D eigenvalue weighted by Gasteiger charge is -2.12. The number of hydrogen-bond donors (Lipinski definition) is 0. The summed E-state index contributed by atoms with van der Waals surface area (Å²) in [7, 11) is 1.62.